The van der Waals surface area contributed by atoms with Crippen molar-refractivity contribution in [1.29, 1.82) is 0 Å². The number of aromatic amines is 1. The molecule has 1 aromatic rings. The third-order valence-electron chi connectivity index (χ3n) is 1.55. The summed E-state index contributed by atoms with van der Waals surface area (Å²) in [5.41, 5.74) is 0.531. The monoisotopic (exact) mass is 155 g/mol. The first-order valence-electron chi connectivity index (χ1n) is 3.48. The molecule has 0 atom stereocenters. The third kappa shape index (κ3) is 1.45. The number of nitrogens with two attached hydrogens (primary N) is 1. The number of aromatic nitrogens is 2. The van der Waals surface area contributed by atoms with Crippen LogP contribution in [0.4, 0.5) is 0 Å². The highest BCUT2D eigenvalue weighted by molar-refractivity contribution is 5.08. The molecule has 1 heterocycles. The van der Waals surface area contributed by atoms with Crippen molar-refractivity contribution in [2.45, 2.75) is 26.2 Å². The molecule has 11 heavy (non-hydrogen) atoms. The zero-order valence-corrected chi connectivity index (χ0v) is 7.01. The Morgan fingerprint density at radius 3 is 2.27 bits per heavy atom. The van der Waals surface area contributed by atoms with Crippen molar-refractivity contribution in [3.8, 4) is 0 Å². The van der Waals surface area contributed by atoms with E-state index in [0.717, 1.165) is 10.4 Å². The van der Waals surface area contributed by atoms with Gasteiger partial charge in [0.2, 0.25) is 0 Å². The van der Waals surface area contributed by atoms with Gasteiger partial charge in [-0.05, 0) is 0 Å². The summed E-state index contributed by atoms with van der Waals surface area (Å²) in [6.45, 7) is 6.04. The summed E-state index contributed by atoms with van der Waals surface area (Å²) in [7, 11) is 0. The lowest BCUT2D eigenvalue weighted by Gasteiger charge is -2.14. The number of imidazole rings is 1. The Hall–Kier alpha value is -1.19. The molecule has 4 heteroatoms. The summed E-state index contributed by atoms with van der Waals surface area (Å²) in [5, 5.41) is 0. The maximum atomic E-state index is 10.9. The van der Waals surface area contributed by atoms with Crippen LogP contribution in [0.1, 0.15) is 26.5 Å². The predicted molar refractivity (Wildman–Crippen MR) is 43.9 cm³/mol. The molecule has 0 fully saturated rings. The van der Waals surface area contributed by atoms with E-state index in [0.29, 0.717) is 0 Å². The van der Waals surface area contributed by atoms with Crippen molar-refractivity contribution in [3.63, 3.8) is 0 Å². The zero-order valence-electron chi connectivity index (χ0n) is 7.01. The van der Waals surface area contributed by atoms with Crippen LogP contribution in [0.5, 0.6) is 0 Å². The molecular formula is C7H13N3O. The number of nitrogens with one attached hydrogen (secondary N) is 1. The highest BCUT2D eigenvalue weighted by atomic mass is 16.1. The minimum Gasteiger partial charge on any atom is -0.335 e. The van der Waals surface area contributed by atoms with Gasteiger partial charge in [0.05, 0.1) is 6.20 Å². The fourth-order valence-corrected chi connectivity index (χ4v) is 0.791. The second-order valence-corrected chi connectivity index (χ2v) is 3.63. The van der Waals surface area contributed by atoms with Gasteiger partial charge in [-0.15, -0.1) is 0 Å². The van der Waals surface area contributed by atoms with Gasteiger partial charge in [0.1, 0.15) is 0 Å². The largest absolute Gasteiger partial charge is 0.344 e. The Morgan fingerprint density at radius 1 is 1.55 bits per heavy atom. The minimum absolute atomic E-state index is 0.0518. The second kappa shape index (κ2) is 2.15. The van der Waals surface area contributed by atoms with Crippen LogP contribution in [-0.2, 0) is 5.41 Å². The number of rotatable bonds is 0. The molecule has 0 unspecified atom stereocenters. The van der Waals surface area contributed by atoms with Crippen LogP contribution >= 0.6 is 0 Å². The third-order valence-corrected chi connectivity index (χ3v) is 1.55. The van der Waals surface area contributed by atoms with Gasteiger partial charge in [0.15, 0.2) is 0 Å². The highest BCUT2D eigenvalue weighted by Gasteiger charge is 2.16. The number of hydrogen-bond acceptors (Lipinski definition) is 2. The first-order valence-corrected chi connectivity index (χ1v) is 3.48. The molecular weight excluding hydrogens is 142 g/mol. The molecule has 3 N–H and O–H groups in total. The molecule has 1 aromatic heterocycles. The van der Waals surface area contributed by atoms with Crippen LogP contribution in [0.15, 0.2) is 11.0 Å². The van der Waals surface area contributed by atoms with E-state index in [4.69, 9.17) is 5.84 Å². The molecule has 0 saturated heterocycles. The van der Waals surface area contributed by atoms with Gasteiger partial charge in [-0.1, -0.05) is 20.8 Å². The summed E-state index contributed by atoms with van der Waals surface area (Å²) in [4.78, 5) is 13.5. The van der Waals surface area contributed by atoms with Crippen molar-refractivity contribution in [2.24, 2.45) is 0 Å². The minimum atomic E-state index is -0.269. The van der Waals surface area contributed by atoms with Crippen LogP contribution in [0, 0.1) is 0 Å². The van der Waals surface area contributed by atoms with E-state index in [1.807, 2.05) is 20.8 Å². The Kier molecular flexibility index (Phi) is 1.55. The van der Waals surface area contributed by atoms with Gasteiger partial charge in [-0.25, -0.2) is 9.47 Å². The number of hydrogen-bond donors (Lipinski definition) is 2. The molecule has 0 amide bonds. The number of H-pyrrole nitrogens is 1. The van der Waals surface area contributed by atoms with E-state index in [1.165, 1.54) is 0 Å². The van der Waals surface area contributed by atoms with Gasteiger partial charge in [0, 0.05) is 11.1 Å². The van der Waals surface area contributed by atoms with E-state index in [9.17, 15) is 4.79 Å². The maximum Gasteiger partial charge on any atom is 0.344 e. The van der Waals surface area contributed by atoms with Crippen LogP contribution in [0.2, 0.25) is 0 Å². The average Bonchev–Trinajstić information content (AvgIpc) is 2.11. The van der Waals surface area contributed by atoms with Crippen molar-refractivity contribution in [1.82, 2.24) is 9.66 Å². The Balaban J connectivity index is 3.18. The van der Waals surface area contributed by atoms with Crippen molar-refractivity contribution in [3.05, 3.63) is 22.4 Å². The van der Waals surface area contributed by atoms with E-state index >= 15 is 0 Å². The fourth-order valence-electron chi connectivity index (χ4n) is 0.791. The molecule has 0 spiro atoms. The van der Waals surface area contributed by atoms with Crippen molar-refractivity contribution >= 4 is 0 Å². The molecule has 62 valence electrons. The fraction of sp³-hybridized carbons (Fsp3) is 0.571. The average molecular weight is 155 g/mol. The molecule has 0 aliphatic rings. The summed E-state index contributed by atoms with van der Waals surface area (Å²) >= 11 is 0. The van der Waals surface area contributed by atoms with Gasteiger partial charge in [-0.2, -0.15) is 0 Å². The molecule has 0 aliphatic carbocycles. The summed E-state index contributed by atoms with van der Waals surface area (Å²) < 4.78 is 1.06. The first kappa shape index (κ1) is 7.91. The van der Waals surface area contributed by atoms with Crippen molar-refractivity contribution < 1.29 is 0 Å². The summed E-state index contributed by atoms with van der Waals surface area (Å²) in [5.74, 6) is 5.31. The lowest BCUT2D eigenvalue weighted by molar-refractivity contribution is 0.571. The van der Waals surface area contributed by atoms with Crippen LogP contribution in [0.3, 0.4) is 0 Å². The van der Waals surface area contributed by atoms with E-state index in [2.05, 4.69) is 4.98 Å². The van der Waals surface area contributed by atoms with Gasteiger partial charge >= 0.3 is 5.69 Å². The van der Waals surface area contributed by atoms with Crippen LogP contribution in [0.25, 0.3) is 0 Å². The smallest absolute Gasteiger partial charge is 0.335 e. The molecule has 0 saturated carbocycles. The van der Waals surface area contributed by atoms with E-state index in [1.54, 1.807) is 6.20 Å². The number of nitrogen functional groups attached to an aromatic ring is 1. The molecule has 4 nitrogen and oxygen atoms in total. The SMILES string of the molecule is CC(C)(C)c1cn(N)c(=O)[nH]1. The molecule has 0 aromatic carbocycles. The molecule has 1 rings (SSSR count). The van der Waals surface area contributed by atoms with Crippen LogP contribution in [-0.4, -0.2) is 9.66 Å². The maximum absolute atomic E-state index is 10.9. The van der Waals surface area contributed by atoms with Gasteiger partial charge in [0.25, 0.3) is 0 Å². The van der Waals surface area contributed by atoms with E-state index < -0.39 is 0 Å². The molecule has 0 aliphatic heterocycles. The zero-order chi connectivity index (χ0) is 8.65. The summed E-state index contributed by atoms with van der Waals surface area (Å²) in [6, 6.07) is 0. The normalized spacial score (nSPS) is 11.9. The lowest BCUT2D eigenvalue weighted by Crippen LogP contribution is -2.23. The highest BCUT2D eigenvalue weighted by Crippen LogP contribution is 2.17. The molecule has 0 bridgehead atoms. The first-order chi connectivity index (χ1) is 4.91. The van der Waals surface area contributed by atoms with E-state index in [-0.39, 0.29) is 11.1 Å². The summed E-state index contributed by atoms with van der Waals surface area (Å²) in [6.07, 6.45) is 1.61. The quantitative estimate of drug-likeness (QED) is 0.525. The topological polar surface area (TPSA) is 63.8 Å². The second-order valence-electron chi connectivity index (χ2n) is 3.63. The Bertz CT molecular complexity index is 302. The number of nitrogens with zero attached hydrogens (tertiary/aromatic N) is 1. The van der Waals surface area contributed by atoms with Crippen molar-refractivity contribution in [2.75, 3.05) is 5.84 Å². The van der Waals surface area contributed by atoms with Gasteiger partial charge in [-0.3, -0.25) is 0 Å². The van der Waals surface area contributed by atoms with Gasteiger partial charge < -0.3 is 10.8 Å². The van der Waals surface area contributed by atoms with Crippen LogP contribution < -0.4 is 11.5 Å². The lowest BCUT2D eigenvalue weighted by atomic mass is 9.93. The predicted octanol–water partition coefficient (Wildman–Crippen LogP) is 0.188. The Morgan fingerprint density at radius 2 is 2.09 bits per heavy atom. The standard InChI is InChI=1S/C7H13N3O/c1-7(2,3)5-4-10(8)6(11)9-5/h4H,8H2,1-3H3,(H,9,11). The Labute approximate surface area is 65.0 Å². The molecule has 0 radical (unpaired) electrons.